The highest BCUT2D eigenvalue weighted by Gasteiger charge is 2.54. The van der Waals surface area contributed by atoms with Crippen LogP contribution >= 0.6 is 15.9 Å². The number of ketones is 1. The molecule has 1 heterocycles. The summed E-state index contributed by atoms with van der Waals surface area (Å²) in [6.07, 6.45) is 5.81. The molecule has 3 aromatic rings. The number of nitrogens with zero attached hydrogens (tertiary/aromatic N) is 1. The summed E-state index contributed by atoms with van der Waals surface area (Å²) in [5.74, 6) is -5.61. The Hall–Kier alpha value is -3.46. The number of carbonyl (C=O) groups excluding carboxylic acids is 3. The summed E-state index contributed by atoms with van der Waals surface area (Å²) in [5, 5.41) is 2.92. The first-order chi connectivity index (χ1) is 18.7. The number of rotatable bonds is 7. The number of amides is 1. The third-order valence-electron chi connectivity index (χ3n) is 8.32. The van der Waals surface area contributed by atoms with E-state index >= 15 is 8.78 Å². The topological polar surface area (TPSA) is 85.4 Å². The summed E-state index contributed by atoms with van der Waals surface area (Å²) in [5.41, 5.74) is 1.34. The average Bonchev–Trinajstić information content (AvgIpc) is 3.62. The Bertz CT molecular complexity index is 1480. The maximum absolute atomic E-state index is 15.2. The number of pyridine rings is 1. The highest BCUT2D eigenvalue weighted by molar-refractivity contribution is 9.10. The van der Waals surface area contributed by atoms with Crippen LogP contribution in [0.5, 0.6) is 0 Å². The van der Waals surface area contributed by atoms with Gasteiger partial charge >= 0.3 is 5.97 Å². The van der Waals surface area contributed by atoms with Crippen molar-refractivity contribution < 1.29 is 27.9 Å². The van der Waals surface area contributed by atoms with Crippen LogP contribution in [0.15, 0.2) is 65.4 Å². The lowest BCUT2D eigenvalue weighted by Gasteiger charge is -2.28. The number of aromatic nitrogens is 1. The molecule has 0 radical (unpaired) electrons. The molecule has 0 aliphatic heterocycles. The molecule has 6 nitrogen and oxygen atoms in total. The van der Waals surface area contributed by atoms with Crippen LogP contribution in [0, 0.1) is 23.7 Å². The second kappa shape index (κ2) is 9.93. The molecule has 2 bridgehead atoms. The maximum atomic E-state index is 15.2. The number of alkyl halides is 2. The fourth-order valence-corrected chi connectivity index (χ4v) is 6.86. The number of carbonyl (C=O) groups is 3. The van der Waals surface area contributed by atoms with Crippen molar-refractivity contribution in [3.05, 3.63) is 87.7 Å². The first-order valence-corrected chi connectivity index (χ1v) is 13.7. The summed E-state index contributed by atoms with van der Waals surface area (Å²) >= 11 is 3.24. The van der Waals surface area contributed by atoms with Crippen LogP contribution in [0.1, 0.15) is 46.3 Å². The first kappa shape index (κ1) is 25.8. The molecule has 39 heavy (non-hydrogen) atoms. The molecule has 1 N–H and O–H groups in total. The standard InChI is InChI=1S/C30H25BrF2N2O4/c31-20-6-8-22-21-7-5-17(11-23(21)30(32,33)24(22)12-20)25(36)15-39-29(38)27-19-4-3-18(10-19)26(27)28(37)35-14-16-2-1-9-34-13-16/h1-2,5-9,11-13,18-19,26-27H,3-4,10,14-15H2,(H,35,37). The number of ether oxygens (including phenoxy) is 1. The number of nitrogens with one attached hydrogen (secondary N) is 1. The third kappa shape index (κ3) is 4.56. The van der Waals surface area contributed by atoms with E-state index in [4.69, 9.17) is 4.74 Å². The summed E-state index contributed by atoms with van der Waals surface area (Å²) in [6.45, 7) is -0.260. The van der Waals surface area contributed by atoms with Gasteiger partial charge in [-0.25, -0.2) is 0 Å². The van der Waals surface area contributed by atoms with Gasteiger partial charge in [0.1, 0.15) is 0 Å². The highest BCUT2D eigenvalue weighted by Crippen LogP contribution is 2.53. The van der Waals surface area contributed by atoms with Gasteiger partial charge in [0.2, 0.25) is 5.91 Å². The highest BCUT2D eigenvalue weighted by atomic mass is 79.9. The van der Waals surface area contributed by atoms with Gasteiger partial charge < -0.3 is 10.1 Å². The summed E-state index contributed by atoms with van der Waals surface area (Å²) < 4.78 is 36.3. The molecule has 0 saturated heterocycles. The van der Waals surface area contributed by atoms with Crippen molar-refractivity contribution in [2.45, 2.75) is 31.7 Å². The van der Waals surface area contributed by atoms with Gasteiger partial charge in [0.25, 0.3) is 5.92 Å². The SMILES string of the molecule is O=C(COC(=O)C1C2CCC(C2)C1C(=O)NCc1cccnc1)c1ccc2c(c1)C(F)(F)c1cc(Br)ccc1-2. The van der Waals surface area contributed by atoms with Crippen LogP contribution < -0.4 is 5.32 Å². The fourth-order valence-electron chi connectivity index (χ4n) is 6.50. The maximum Gasteiger partial charge on any atom is 0.310 e. The van der Waals surface area contributed by atoms with E-state index in [2.05, 4.69) is 26.2 Å². The Kier molecular flexibility index (Phi) is 6.57. The molecule has 9 heteroatoms. The van der Waals surface area contributed by atoms with Crippen LogP contribution in [0.3, 0.4) is 0 Å². The average molecular weight is 595 g/mol. The molecule has 0 spiro atoms. The van der Waals surface area contributed by atoms with Crippen molar-refractivity contribution in [3.63, 3.8) is 0 Å². The fraction of sp³-hybridized carbons (Fsp3) is 0.333. The minimum atomic E-state index is -3.25. The van der Waals surface area contributed by atoms with E-state index < -0.39 is 36.1 Å². The predicted octanol–water partition coefficient (Wildman–Crippen LogP) is 5.67. The Labute approximate surface area is 232 Å². The second-order valence-electron chi connectivity index (χ2n) is 10.5. The number of halogens is 3. The molecule has 3 aliphatic rings. The van der Waals surface area contributed by atoms with Crippen LogP contribution in [-0.4, -0.2) is 29.3 Å². The Morgan fingerprint density at radius 1 is 1.00 bits per heavy atom. The van der Waals surface area contributed by atoms with E-state index in [1.807, 2.05) is 6.07 Å². The lowest BCUT2D eigenvalue weighted by atomic mass is 9.78. The van der Waals surface area contributed by atoms with Gasteiger partial charge in [-0.2, -0.15) is 8.78 Å². The molecule has 2 saturated carbocycles. The molecule has 1 aromatic heterocycles. The molecule has 4 unspecified atom stereocenters. The van der Waals surface area contributed by atoms with Gasteiger partial charge in [-0.1, -0.05) is 40.2 Å². The zero-order valence-corrected chi connectivity index (χ0v) is 22.4. The molecule has 2 aromatic carbocycles. The summed E-state index contributed by atoms with van der Waals surface area (Å²) in [7, 11) is 0. The zero-order chi connectivity index (χ0) is 27.3. The number of esters is 1. The van der Waals surface area contributed by atoms with Gasteiger partial charge in [-0.3, -0.25) is 19.4 Å². The van der Waals surface area contributed by atoms with Crippen LogP contribution in [0.2, 0.25) is 0 Å². The Morgan fingerprint density at radius 3 is 2.46 bits per heavy atom. The van der Waals surface area contributed by atoms with E-state index in [0.29, 0.717) is 22.1 Å². The lowest BCUT2D eigenvalue weighted by molar-refractivity contribution is -0.154. The molecule has 1 amide bonds. The van der Waals surface area contributed by atoms with Crippen molar-refractivity contribution >= 4 is 33.6 Å². The lowest BCUT2D eigenvalue weighted by Crippen LogP contribution is -2.42. The number of hydrogen-bond acceptors (Lipinski definition) is 5. The van der Waals surface area contributed by atoms with Crippen LogP contribution in [0.25, 0.3) is 11.1 Å². The van der Waals surface area contributed by atoms with Crippen molar-refractivity contribution in [2.24, 2.45) is 23.7 Å². The van der Waals surface area contributed by atoms with E-state index in [9.17, 15) is 14.4 Å². The quantitative estimate of drug-likeness (QED) is 0.281. The number of fused-ring (bicyclic) bond motifs is 5. The molecule has 3 aliphatic carbocycles. The minimum absolute atomic E-state index is 0.0308. The van der Waals surface area contributed by atoms with Crippen molar-refractivity contribution in [1.82, 2.24) is 10.3 Å². The minimum Gasteiger partial charge on any atom is -0.457 e. The molecular weight excluding hydrogens is 570 g/mol. The number of benzene rings is 2. The van der Waals surface area contributed by atoms with E-state index in [1.165, 1.54) is 24.3 Å². The first-order valence-electron chi connectivity index (χ1n) is 12.9. The second-order valence-corrected chi connectivity index (χ2v) is 11.4. The van der Waals surface area contributed by atoms with Crippen molar-refractivity contribution in [3.8, 4) is 11.1 Å². The smallest absolute Gasteiger partial charge is 0.310 e. The summed E-state index contributed by atoms with van der Waals surface area (Å²) in [6, 6.07) is 12.5. The van der Waals surface area contributed by atoms with E-state index in [0.717, 1.165) is 24.8 Å². The molecule has 4 atom stereocenters. The van der Waals surface area contributed by atoms with Crippen LogP contribution in [-0.2, 0) is 26.8 Å². The summed E-state index contributed by atoms with van der Waals surface area (Å²) in [4.78, 5) is 43.2. The predicted molar refractivity (Wildman–Crippen MR) is 142 cm³/mol. The monoisotopic (exact) mass is 594 g/mol. The van der Waals surface area contributed by atoms with E-state index in [1.54, 1.807) is 30.6 Å². The molecule has 200 valence electrons. The Balaban J connectivity index is 1.13. The molecule has 6 rings (SSSR count). The van der Waals surface area contributed by atoms with Gasteiger partial charge in [-0.15, -0.1) is 0 Å². The van der Waals surface area contributed by atoms with Crippen molar-refractivity contribution in [2.75, 3.05) is 6.61 Å². The molecular formula is C30H25BrF2N2O4. The van der Waals surface area contributed by atoms with Crippen molar-refractivity contribution in [1.29, 1.82) is 0 Å². The number of Topliss-reactive ketones (excluding diaryl/α,β-unsaturated/α-hetero) is 1. The zero-order valence-electron chi connectivity index (χ0n) is 20.8. The largest absolute Gasteiger partial charge is 0.457 e. The van der Waals surface area contributed by atoms with Gasteiger partial charge in [0, 0.05) is 40.1 Å². The van der Waals surface area contributed by atoms with Gasteiger partial charge in [0.05, 0.1) is 11.8 Å². The van der Waals surface area contributed by atoms with E-state index in [-0.39, 0.29) is 34.4 Å². The van der Waals surface area contributed by atoms with Crippen LogP contribution in [0.4, 0.5) is 8.78 Å². The van der Waals surface area contributed by atoms with Gasteiger partial charge in [0.15, 0.2) is 12.4 Å². The normalized spacial score (nSPS) is 23.7. The molecule has 2 fully saturated rings. The third-order valence-corrected chi connectivity index (χ3v) is 8.81. The Morgan fingerprint density at radius 2 is 1.72 bits per heavy atom. The van der Waals surface area contributed by atoms with Gasteiger partial charge in [-0.05, 0) is 72.1 Å². The number of hydrogen-bond donors (Lipinski definition) is 1.